The number of hydrogen-bond donors (Lipinski definition) is 0. The van der Waals surface area contributed by atoms with Crippen LogP contribution in [0.4, 0.5) is 0 Å². The van der Waals surface area contributed by atoms with E-state index in [0.29, 0.717) is 26.4 Å². The molecule has 0 bridgehead atoms. The molecule has 0 saturated carbocycles. The van der Waals surface area contributed by atoms with Crippen LogP contribution in [0.15, 0.2) is 75.7 Å². The number of aromatic nitrogens is 2. The van der Waals surface area contributed by atoms with Crippen molar-refractivity contribution in [2.45, 2.75) is 53.7 Å². The van der Waals surface area contributed by atoms with Gasteiger partial charge in [0, 0.05) is 17.1 Å². The average molecular weight is 556 g/mol. The van der Waals surface area contributed by atoms with Crippen molar-refractivity contribution in [3.05, 3.63) is 114 Å². The number of ether oxygens (including phenoxy) is 2. The number of aryl methyl sites for hydroxylation is 2. The van der Waals surface area contributed by atoms with Crippen LogP contribution in [0.5, 0.6) is 5.75 Å². The van der Waals surface area contributed by atoms with Gasteiger partial charge >= 0.3 is 5.97 Å². The highest BCUT2D eigenvalue weighted by Crippen LogP contribution is 2.32. The molecule has 2 aromatic carbocycles. The third-order valence-corrected chi connectivity index (χ3v) is 7.99. The first-order valence-corrected chi connectivity index (χ1v) is 14.0. The second-order valence-electron chi connectivity index (χ2n) is 10.3. The molecular formula is C32H33N3O4S. The zero-order valence-corrected chi connectivity index (χ0v) is 24.6. The highest BCUT2D eigenvalue weighted by atomic mass is 32.1. The van der Waals surface area contributed by atoms with E-state index in [9.17, 15) is 9.59 Å². The molecule has 0 aliphatic carbocycles. The number of benzene rings is 2. The van der Waals surface area contributed by atoms with Gasteiger partial charge in [-0.05, 0) is 94.6 Å². The van der Waals surface area contributed by atoms with Crippen LogP contribution in [0.2, 0.25) is 0 Å². The SMILES string of the molecule is COc1cccc([C@@H]2C(C(=O)OC(C)C)=C(C)N=c3s/c(=C\c4cc(C)n(-c5cccc(C)c5)c4C)c(=O)n32)c1. The first-order chi connectivity index (χ1) is 19.1. The first kappa shape index (κ1) is 27.4. The molecule has 4 aromatic rings. The molecule has 0 N–H and O–H groups in total. The molecule has 2 aromatic heterocycles. The van der Waals surface area contributed by atoms with Crippen molar-refractivity contribution in [1.29, 1.82) is 0 Å². The number of nitrogens with zero attached hydrogens (tertiary/aromatic N) is 3. The topological polar surface area (TPSA) is 74.8 Å². The minimum Gasteiger partial charge on any atom is -0.497 e. The van der Waals surface area contributed by atoms with Gasteiger partial charge in [0.1, 0.15) is 5.75 Å². The van der Waals surface area contributed by atoms with E-state index in [-0.39, 0.29) is 11.7 Å². The van der Waals surface area contributed by atoms with E-state index >= 15 is 0 Å². The van der Waals surface area contributed by atoms with Crippen molar-refractivity contribution < 1.29 is 14.3 Å². The molecule has 0 amide bonds. The first-order valence-electron chi connectivity index (χ1n) is 13.2. The molecule has 40 heavy (non-hydrogen) atoms. The summed E-state index contributed by atoms with van der Waals surface area (Å²) in [7, 11) is 1.59. The molecule has 5 rings (SSSR count). The van der Waals surface area contributed by atoms with E-state index in [1.165, 1.54) is 16.9 Å². The van der Waals surface area contributed by atoms with Gasteiger partial charge in [-0.3, -0.25) is 9.36 Å². The monoisotopic (exact) mass is 555 g/mol. The fourth-order valence-corrected chi connectivity index (χ4v) is 6.26. The minimum atomic E-state index is -0.695. The maximum Gasteiger partial charge on any atom is 0.338 e. The molecule has 0 unspecified atom stereocenters. The summed E-state index contributed by atoms with van der Waals surface area (Å²) in [6.45, 7) is 11.6. The van der Waals surface area contributed by atoms with Gasteiger partial charge in [0.15, 0.2) is 4.80 Å². The molecule has 0 fully saturated rings. The van der Waals surface area contributed by atoms with E-state index in [1.54, 1.807) is 32.4 Å². The molecule has 7 nitrogen and oxygen atoms in total. The molecule has 1 atom stereocenters. The van der Waals surface area contributed by atoms with E-state index < -0.39 is 12.0 Å². The predicted molar refractivity (Wildman–Crippen MR) is 158 cm³/mol. The maximum absolute atomic E-state index is 14.0. The Bertz CT molecular complexity index is 1840. The van der Waals surface area contributed by atoms with Crippen molar-refractivity contribution in [2.24, 2.45) is 4.99 Å². The Morgan fingerprint density at radius 1 is 1.05 bits per heavy atom. The van der Waals surface area contributed by atoms with Crippen LogP contribution in [0, 0.1) is 20.8 Å². The number of carbonyl (C=O) groups excluding carboxylic acids is 1. The smallest absolute Gasteiger partial charge is 0.338 e. The summed E-state index contributed by atoms with van der Waals surface area (Å²) in [5.41, 5.74) is 6.74. The Labute approximate surface area is 237 Å². The molecule has 3 heterocycles. The third kappa shape index (κ3) is 4.95. The largest absolute Gasteiger partial charge is 0.497 e. The van der Waals surface area contributed by atoms with Crippen molar-refractivity contribution in [2.75, 3.05) is 7.11 Å². The van der Waals surface area contributed by atoms with Crippen molar-refractivity contribution >= 4 is 23.4 Å². The van der Waals surface area contributed by atoms with Gasteiger partial charge in [0.05, 0.1) is 35.1 Å². The Kier molecular flexibility index (Phi) is 7.38. The minimum absolute atomic E-state index is 0.209. The van der Waals surface area contributed by atoms with E-state index in [2.05, 4.69) is 49.6 Å². The van der Waals surface area contributed by atoms with Gasteiger partial charge in [-0.2, -0.15) is 0 Å². The fourth-order valence-electron chi connectivity index (χ4n) is 5.23. The number of fused-ring (bicyclic) bond motifs is 1. The summed E-state index contributed by atoms with van der Waals surface area (Å²) in [5.74, 6) is 0.148. The van der Waals surface area contributed by atoms with Crippen LogP contribution in [-0.2, 0) is 9.53 Å². The highest BCUT2D eigenvalue weighted by Gasteiger charge is 2.34. The van der Waals surface area contributed by atoms with Crippen LogP contribution in [-0.4, -0.2) is 28.3 Å². The molecule has 206 valence electrons. The highest BCUT2D eigenvalue weighted by molar-refractivity contribution is 7.07. The van der Waals surface area contributed by atoms with Crippen LogP contribution in [0.3, 0.4) is 0 Å². The molecular weight excluding hydrogens is 522 g/mol. The van der Waals surface area contributed by atoms with Gasteiger partial charge in [-0.1, -0.05) is 35.6 Å². The van der Waals surface area contributed by atoms with Gasteiger partial charge in [0.25, 0.3) is 5.56 Å². The summed E-state index contributed by atoms with van der Waals surface area (Å²) >= 11 is 1.32. The Morgan fingerprint density at radius 2 is 1.80 bits per heavy atom. The van der Waals surface area contributed by atoms with E-state index in [4.69, 9.17) is 14.5 Å². The van der Waals surface area contributed by atoms with Crippen LogP contribution in [0.1, 0.15) is 54.9 Å². The molecule has 1 aliphatic heterocycles. The molecule has 0 radical (unpaired) electrons. The quantitative estimate of drug-likeness (QED) is 0.317. The van der Waals surface area contributed by atoms with Crippen molar-refractivity contribution in [3.8, 4) is 11.4 Å². The number of carbonyl (C=O) groups is 1. The number of esters is 1. The Balaban J connectivity index is 1.70. The molecule has 0 saturated heterocycles. The maximum atomic E-state index is 14.0. The average Bonchev–Trinajstić information content (AvgIpc) is 3.36. The number of hydrogen-bond acceptors (Lipinski definition) is 6. The molecule has 8 heteroatoms. The molecule has 1 aliphatic rings. The van der Waals surface area contributed by atoms with E-state index in [0.717, 1.165) is 28.2 Å². The lowest BCUT2D eigenvalue weighted by molar-refractivity contribution is -0.143. The zero-order chi connectivity index (χ0) is 28.7. The lowest BCUT2D eigenvalue weighted by atomic mass is 9.95. The van der Waals surface area contributed by atoms with Crippen molar-refractivity contribution in [1.82, 2.24) is 9.13 Å². The number of methoxy groups -OCH3 is 1. The summed E-state index contributed by atoms with van der Waals surface area (Å²) in [6, 6.07) is 17.2. The lowest BCUT2D eigenvalue weighted by Crippen LogP contribution is -2.40. The molecule has 0 spiro atoms. The van der Waals surface area contributed by atoms with Gasteiger partial charge < -0.3 is 14.0 Å². The zero-order valence-electron chi connectivity index (χ0n) is 23.8. The second-order valence-corrected chi connectivity index (χ2v) is 11.3. The normalized spacial score (nSPS) is 15.3. The summed E-state index contributed by atoms with van der Waals surface area (Å²) in [4.78, 5) is 32.6. The van der Waals surface area contributed by atoms with Crippen molar-refractivity contribution in [3.63, 3.8) is 0 Å². The number of allylic oxidation sites excluding steroid dienone is 1. The standard InChI is InChI=1S/C32H33N3O4S/c1-18(2)39-31(37)28-21(5)33-32-35(29(28)23-11-9-13-26(16-23)38-7)30(36)27(40-32)17-24-15-20(4)34(22(24)6)25-12-8-10-19(3)14-25/h8-18,29H,1-7H3/b27-17-/t29-/m1/s1. The summed E-state index contributed by atoms with van der Waals surface area (Å²) in [6.07, 6.45) is 1.61. The van der Waals surface area contributed by atoms with Gasteiger partial charge in [-0.15, -0.1) is 0 Å². The number of rotatable bonds is 6. The summed E-state index contributed by atoms with van der Waals surface area (Å²) < 4.78 is 15.4. The fraction of sp³-hybridized carbons (Fsp3) is 0.281. The van der Waals surface area contributed by atoms with Crippen LogP contribution < -0.4 is 19.6 Å². The lowest BCUT2D eigenvalue weighted by Gasteiger charge is -2.25. The predicted octanol–water partition coefficient (Wildman–Crippen LogP) is 4.91. The van der Waals surface area contributed by atoms with E-state index in [1.807, 2.05) is 36.4 Å². The van der Waals surface area contributed by atoms with Gasteiger partial charge in [0.2, 0.25) is 0 Å². The summed E-state index contributed by atoms with van der Waals surface area (Å²) in [5, 5.41) is 0. The van der Waals surface area contributed by atoms with Crippen LogP contribution in [0.25, 0.3) is 11.8 Å². The number of thiazole rings is 1. The van der Waals surface area contributed by atoms with Crippen LogP contribution >= 0.6 is 11.3 Å². The third-order valence-electron chi connectivity index (χ3n) is 7.01. The second kappa shape index (κ2) is 10.8. The Morgan fingerprint density at radius 3 is 2.50 bits per heavy atom. The Hall–Kier alpha value is -4.17. The van der Waals surface area contributed by atoms with Gasteiger partial charge in [-0.25, -0.2) is 9.79 Å².